The minimum atomic E-state index is 0.324. The van der Waals surface area contributed by atoms with Gasteiger partial charge in [-0.15, -0.1) is 0 Å². The Morgan fingerprint density at radius 3 is 3.08 bits per heavy atom. The third-order valence-corrected chi connectivity index (χ3v) is 2.62. The van der Waals surface area contributed by atoms with Crippen molar-refractivity contribution in [3.8, 4) is 6.07 Å². The highest BCUT2D eigenvalue weighted by molar-refractivity contribution is 9.10. The zero-order chi connectivity index (χ0) is 9.42. The van der Waals surface area contributed by atoms with E-state index in [1.165, 1.54) is 10.7 Å². The number of nitriles is 1. The molecule has 0 unspecified atom stereocenters. The fourth-order valence-electron chi connectivity index (χ4n) is 0.948. The van der Waals surface area contributed by atoms with Crippen LogP contribution in [0.2, 0.25) is 5.15 Å². The van der Waals surface area contributed by atoms with E-state index >= 15 is 0 Å². The molecule has 2 heterocycles. The van der Waals surface area contributed by atoms with Crippen LogP contribution in [0.15, 0.2) is 16.9 Å². The average Bonchev–Trinajstić information content (AvgIpc) is 2.48. The van der Waals surface area contributed by atoms with E-state index in [-0.39, 0.29) is 0 Å². The van der Waals surface area contributed by atoms with E-state index < -0.39 is 0 Å². The topological polar surface area (TPSA) is 54.0 Å². The lowest BCUT2D eigenvalue weighted by Crippen LogP contribution is -1.91. The molecule has 2 aromatic heterocycles. The lowest BCUT2D eigenvalue weighted by molar-refractivity contribution is 0.933. The Morgan fingerprint density at radius 1 is 1.62 bits per heavy atom. The van der Waals surface area contributed by atoms with Crippen LogP contribution < -0.4 is 0 Å². The summed E-state index contributed by atoms with van der Waals surface area (Å²) in [6.45, 7) is 0. The Kier molecular flexibility index (Phi) is 1.94. The summed E-state index contributed by atoms with van der Waals surface area (Å²) in [5.74, 6) is 0. The molecule has 13 heavy (non-hydrogen) atoms. The Labute approximate surface area is 86.9 Å². The lowest BCUT2D eigenvalue weighted by atomic mass is 10.4. The lowest BCUT2D eigenvalue weighted by Gasteiger charge is -1.96. The molecule has 0 fully saturated rings. The first kappa shape index (κ1) is 8.48. The van der Waals surface area contributed by atoms with Crippen molar-refractivity contribution in [3.63, 3.8) is 0 Å². The van der Waals surface area contributed by atoms with Crippen LogP contribution in [0.25, 0.3) is 5.65 Å². The van der Waals surface area contributed by atoms with E-state index in [0.717, 1.165) is 0 Å². The van der Waals surface area contributed by atoms with Gasteiger partial charge in [-0.1, -0.05) is 11.6 Å². The molecule has 0 radical (unpaired) electrons. The van der Waals surface area contributed by atoms with Crippen molar-refractivity contribution in [2.75, 3.05) is 0 Å². The first-order chi connectivity index (χ1) is 6.22. The maximum atomic E-state index is 8.69. The van der Waals surface area contributed by atoms with Gasteiger partial charge in [-0.2, -0.15) is 10.4 Å². The maximum Gasteiger partial charge on any atom is 0.174 e. The average molecular weight is 257 g/mol. The van der Waals surface area contributed by atoms with E-state index in [4.69, 9.17) is 16.9 Å². The molecule has 0 aromatic carbocycles. The van der Waals surface area contributed by atoms with E-state index in [0.29, 0.717) is 20.8 Å². The molecular weight excluding hydrogens is 255 g/mol. The fraction of sp³-hybridized carbons (Fsp3) is 0. The van der Waals surface area contributed by atoms with Gasteiger partial charge in [0.2, 0.25) is 0 Å². The van der Waals surface area contributed by atoms with E-state index in [1.54, 1.807) is 6.20 Å². The van der Waals surface area contributed by atoms with Crippen molar-refractivity contribution in [1.29, 1.82) is 5.26 Å². The number of nitrogens with zero attached hydrogens (tertiary/aromatic N) is 4. The molecule has 4 nitrogen and oxygen atoms in total. The van der Waals surface area contributed by atoms with Crippen LogP contribution in [0.3, 0.4) is 0 Å². The van der Waals surface area contributed by atoms with Gasteiger partial charge < -0.3 is 0 Å². The van der Waals surface area contributed by atoms with Crippen molar-refractivity contribution >= 4 is 33.2 Å². The van der Waals surface area contributed by atoms with Gasteiger partial charge in [-0.05, 0) is 15.9 Å². The van der Waals surface area contributed by atoms with Crippen LogP contribution in [-0.4, -0.2) is 14.6 Å². The monoisotopic (exact) mass is 256 g/mol. The summed E-state index contributed by atoms with van der Waals surface area (Å²) >= 11 is 8.97. The largest absolute Gasteiger partial charge is 0.220 e. The van der Waals surface area contributed by atoms with E-state index in [1.807, 2.05) is 6.07 Å². The zero-order valence-corrected chi connectivity index (χ0v) is 8.54. The van der Waals surface area contributed by atoms with E-state index in [2.05, 4.69) is 26.0 Å². The van der Waals surface area contributed by atoms with Crippen molar-refractivity contribution < 1.29 is 0 Å². The van der Waals surface area contributed by atoms with Crippen LogP contribution >= 0.6 is 27.5 Å². The van der Waals surface area contributed by atoms with Gasteiger partial charge in [0.1, 0.15) is 16.8 Å². The molecule has 0 aliphatic heterocycles. The minimum absolute atomic E-state index is 0.324. The molecule has 0 saturated carbocycles. The molecule has 2 rings (SSSR count). The molecule has 0 saturated heterocycles. The molecule has 64 valence electrons. The number of halogens is 2. The predicted molar refractivity (Wildman–Crippen MR) is 50.4 cm³/mol. The predicted octanol–water partition coefficient (Wildman–Crippen LogP) is 2.02. The molecule has 6 heteroatoms. The highest BCUT2D eigenvalue weighted by Crippen LogP contribution is 2.21. The van der Waals surface area contributed by atoms with Crippen LogP contribution in [0.4, 0.5) is 0 Å². The smallest absolute Gasteiger partial charge is 0.174 e. The Hall–Kier alpha value is -1.12. The molecule has 0 N–H and O–H groups in total. The normalized spacial score (nSPS) is 10.2. The van der Waals surface area contributed by atoms with Crippen LogP contribution in [0, 0.1) is 11.3 Å². The van der Waals surface area contributed by atoms with Gasteiger partial charge in [0.25, 0.3) is 0 Å². The number of hydrogen-bond donors (Lipinski definition) is 0. The second kappa shape index (κ2) is 2.98. The Morgan fingerprint density at radius 2 is 2.38 bits per heavy atom. The van der Waals surface area contributed by atoms with Crippen molar-refractivity contribution in [2.45, 2.75) is 0 Å². The first-order valence-electron chi connectivity index (χ1n) is 3.32. The maximum absolute atomic E-state index is 8.69. The first-order valence-corrected chi connectivity index (χ1v) is 4.49. The van der Waals surface area contributed by atoms with Crippen LogP contribution in [0.5, 0.6) is 0 Å². The van der Waals surface area contributed by atoms with Gasteiger partial charge >= 0.3 is 0 Å². The Balaban J connectivity index is 2.86. The van der Waals surface area contributed by atoms with Gasteiger partial charge in [0.15, 0.2) is 5.65 Å². The third kappa shape index (κ3) is 1.28. The van der Waals surface area contributed by atoms with Crippen molar-refractivity contribution in [1.82, 2.24) is 14.6 Å². The Bertz CT molecular complexity index is 513. The molecular formula is C7H2BrClN4. The van der Waals surface area contributed by atoms with Crippen molar-refractivity contribution in [3.05, 3.63) is 27.6 Å². The number of rotatable bonds is 0. The summed E-state index contributed by atoms with van der Waals surface area (Å²) < 4.78 is 2.14. The molecule has 0 spiro atoms. The number of fused-ring (bicyclic) bond motifs is 1. The molecule has 0 bridgehead atoms. The molecule has 0 aliphatic carbocycles. The van der Waals surface area contributed by atoms with Gasteiger partial charge in [0, 0.05) is 6.20 Å². The minimum Gasteiger partial charge on any atom is -0.220 e. The standard InChI is InChI=1S/C7H2BrClN4/c8-5-3-13-7(12-6(5)9)4(1-10)2-11-13/h2-3H. The SMILES string of the molecule is N#Cc1cnn2cc(Br)c(Cl)nc12. The third-order valence-electron chi connectivity index (χ3n) is 1.53. The second-order valence-electron chi connectivity index (χ2n) is 2.32. The van der Waals surface area contributed by atoms with Gasteiger partial charge in [0.05, 0.1) is 10.7 Å². The van der Waals surface area contributed by atoms with Crippen LogP contribution in [0.1, 0.15) is 5.56 Å². The summed E-state index contributed by atoms with van der Waals surface area (Å²) in [6.07, 6.45) is 3.11. The summed E-state index contributed by atoms with van der Waals surface area (Å²) in [5, 5.41) is 12.9. The van der Waals surface area contributed by atoms with Crippen LogP contribution in [-0.2, 0) is 0 Å². The highest BCUT2D eigenvalue weighted by atomic mass is 79.9. The summed E-state index contributed by atoms with van der Waals surface area (Å²) in [5.41, 5.74) is 0.880. The zero-order valence-electron chi connectivity index (χ0n) is 6.20. The summed E-state index contributed by atoms with van der Waals surface area (Å²) in [4.78, 5) is 4.00. The molecule has 2 aromatic rings. The fourth-order valence-corrected chi connectivity index (χ4v) is 1.36. The van der Waals surface area contributed by atoms with Crippen molar-refractivity contribution in [2.24, 2.45) is 0 Å². The van der Waals surface area contributed by atoms with E-state index in [9.17, 15) is 0 Å². The number of aromatic nitrogens is 3. The molecule has 0 amide bonds. The quantitative estimate of drug-likeness (QED) is 0.679. The highest BCUT2D eigenvalue weighted by Gasteiger charge is 2.07. The molecule has 0 atom stereocenters. The van der Waals surface area contributed by atoms with Gasteiger partial charge in [-0.3, -0.25) is 0 Å². The second-order valence-corrected chi connectivity index (χ2v) is 3.53. The molecule has 0 aliphatic rings. The number of hydrogen-bond acceptors (Lipinski definition) is 3. The summed E-state index contributed by atoms with van der Waals surface area (Å²) in [7, 11) is 0. The summed E-state index contributed by atoms with van der Waals surface area (Å²) in [6, 6.07) is 1.98. The van der Waals surface area contributed by atoms with Gasteiger partial charge in [-0.25, -0.2) is 9.50 Å².